The van der Waals surface area contributed by atoms with Crippen LogP contribution in [0.5, 0.6) is 0 Å². The number of rotatable bonds is 5. The van der Waals surface area contributed by atoms with E-state index < -0.39 is 0 Å². The summed E-state index contributed by atoms with van der Waals surface area (Å²) in [4.78, 5) is 2.56. The Morgan fingerprint density at radius 3 is 2.79 bits per heavy atom. The normalized spacial score (nSPS) is 20.8. The summed E-state index contributed by atoms with van der Waals surface area (Å²) in [5, 5.41) is 0. The summed E-state index contributed by atoms with van der Waals surface area (Å²) in [6.45, 7) is 9.06. The van der Waals surface area contributed by atoms with Gasteiger partial charge in [-0.2, -0.15) is 0 Å². The Kier molecular flexibility index (Phi) is 4.87. The fraction of sp³-hybridized carbons (Fsp3) is 0.647. The van der Waals surface area contributed by atoms with Gasteiger partial charge in [0.1, 0.15) is 0 Å². The standard InChI is InChI=1S/C17H28N2/c1-4-14-8-9-19(12-14)17-7-6-13(3)10-15(17)11-16(18)5-2/h6-7,10,14,16H,4-5,8-9,11-12,18H2,1-3H3. The van der Waals surface area contributed by atoms with E-state index in [1.807, 2.05) is 0 Å². The highest BCUT2D eigenvalue weighted by atomic mass is 15.2. The number of hydrogen-bond donors (Lipinski definition) is 1. The second kappa shape index (κ2) is 6.42. The number of aryl methyl sites for hydroxylation is 1. The first-order valence-electron chi connectivity index (χ1n) is 7.74. The average Bonchev–Trinajstić information content (AvgIpc) is 2.87. The fourth-order valence-electron chi connectivity index (χ4n) is 3.00. The number of nitrogens with zero attached hydrogens (tertiary/aromatic N) is 1. The Morgan fingerprint density at radius 2 is 2.16 bits per heavy atom. The lowest BCUT2D eigenvalue weighted by Gasteiger charge is -2.24. The second-order valence-electron chi connectivity index (χ2n) is 6.01. The van der Waals surface area contributed by atoms with Gasteiger partial charge in [-0.3, -0.25) is 0 Å². The van der Waals surface area contributed by atoms with E-state index in [9.17, 15) is 0 Å². The summed E-state index contributed by atoms with van der Waals surface area (Å²) >= 11 is 0. The topological polar surface area (TPSA) is 29.3 Å². The van der Waals surface area contributed by atoms with E-state index in [-0.39, 0.29) is 6.04 Å². The molecular weight excluding hydrogens is 232 g/mol. The molecule has 2 nitrogen and oxygen atoms in total. The van der Waals surface area contributed by atoms with E-state index in [2.05, 4.69) is 43.9 Å². The van der Waals surface area contributed by atoms with Gasteiger partial charge in [-0.15, -0.1) is 0 Å². The van der Waals surface area contributed by atoms with Crippen molar-refractivity contribution in [3.63, 3.8) is 0 Å². The Morgan fingerprint density at radius 1 is 1.37 bits per heavy atom. The van der Waals surface area contributed by atoms with Crippen LogP contribution in [0.2, 0.25) is 0 Å². The van der Waals surface area contributed by atoms with Gasteiger partial charge in [0, 0.05) is 24.8 Å². The van der Waals surface area contributed by atoms with Crippen molar-refractivity contribution in [1.82, 2.24) is 0 Å². The van der Waals surface area contributed by atoms with Crippen LogP contribution in [0.4, 0.5) is 5.69 Å². The number of nitrogens with two attached hydrogens (primary N) is 1. The van der Waals surface area contributed by atoms with Crippen LogP contribution < -0.4 is 10.6 Å². The molecule has 0 bridgehead atoms. The molecule has 106 valence electrons. The number of hydrogen-bond acceptors (Lipinski definition) is 2. The Balaban J connectivity index is 2.19. The lowest BCUT2D eigenvalue weighted by molar-refractivity contribution is 0.569. The van der Waals surface area contributed by atoms with Crippen molar-refractivity contribution in [2.45, 2.75) is 52.5 Å². The van der Waals surface area contributed by atoms with Crippen molar-refractivity contribution in [1.29, 1.82) is 0 Å². The highest BCUT2D eigenvalue weighted by Crippen LogP contribution is 2.29. The second-order valence-corrected chi connectivity index (χ2v) is 6.01. The van der Waals surface area contributed by atoms with Crippen molar-refractivity contribution in [3.05, 3.63) is 29.3 Å². The minimum Gasteiger partial charge on any atom is -0.371 e. The Labute approximate surface area is 118 Å². The van der Waals surface area contributed by atoms with Crippen molar-refractivity contribution >= 4 is 5.69 Å². The Bertz CT molecular complexity index is 414. The molecule has 1 aliphatic rings. The highest BCUT2D eigenvalue weighted by molar-refractivity contribution is 5.56. The summed E-state index contributed by atoms with van der Waals surface area (Å²) in [6, 6.07) is 7.13. The van der Waals surface area contributed by atoms with Gasteiger partial charge in [-0.05, 0) is 43.7 Å². The van der Waals surface area contributed by atoms with Gasteiger partial charge >= 0.3 is 0 Å². The van der Waals surface area contributed by atoms with Gasteiger partial charge in [0.15, 0.2) is 0 Å². The molecule has 1 saturated heterocycles. The Hall–Kier alpha value is -1.02. The van der Waals surface area contributed by atoms with Crippen LogP contribution in [0.15, 0.2) is 18.2 Å². The minimum atomic E-state index is 0.283. The van der Waals surface area contributed by atoms with Gasteiger partial charge in [0.05, 0.1) is 0 Å². The monoisotopic (exact) mass is 260 g/mol. The van der Waals surface area contributed by atoms with E-state index in [4.69, 9.17) is 5.73 Å². The summed E-state index contributed by atoms with van der Waals surface area (Å²) in [6.07, 6.45) is 4.68. The molecule has 0 aromatic heterocycles. The molecule has 1 aromatic carbocycles. The average molecular weight is 260 g/mol. The third-order valence-electron chi connectivity index (χ3n) is 4.45. The zero-order valence-corrected chi connectivity index (χ0v) is 12.7. The van der Waals surface area contributed by atoms with E-state index in [0.29, 0.717) is 0 Å². The maximum absolute atomic E-state index is 6.16. The number of benzene rings is 1. The lowest BCUT2D eigenvalue weighted by atomic mass is 10.00. The number of anilines is 1. The molecule has 2 heteroatoms. The third kappa shape index (κ3) is 3.50. The van der Waals surface area contributed by atoms with Crippen LogP contribution in [0.1, 0.15) is 44.2 Å². The fourth-order valence-corrected chi connectivity index (χ4v) is 3.00. The quantitative estimate of drug-likeness (QED) is 0.878. The van der Waals surface area contributed by atoms with Crippen molar-refractivity contribution in [2.24, 2.45) is 11.7 Å². The van der Waals surface area contributed by atoms with Crippen molar-refractivity contribution < 1.29 is 0 Å². The van der Waals surface area contributed by atoms with E-state index in [0.717, 1.165) is 18.8 Å². The summed E-state index contributed by atoms with van der Waals surface area (Å²) in [7, 11) is 0. The molecule has 2 N–H and O–H groups in total. The molecule has 2 rings (SSSR count). The zero-order chi connectivity index (χ0) is 13.8. The molecule has 1 heterocycles. The molecule has 1 aliphatic heterocycles. The molecule has 2 unspecified atom stereocenters. The molecule has 0 saturated carbocycles. The molecule has 0 amide bonds. The minimum absolute atomic E-state index is 0.283. The largest absolute Gasteiger partial charge is 0.371 e. The summed E-state index contributed by atoms with van der Waals surface area (Å²) in [5.74, 6) is 0.869. The van der Waals surface area contributed by atoms with Crippen molar-refractivity contribution in [3.8, 4) is 0 Å². The van der Waals surface area contributed by atoms with Crippen LogP contribution in [0.25, 0.3) is 0 Å². The van der Waals surface area contributed by atoms with Gasteiger partial charge in [-0.1, -0.05) is 38.0 Å². The van der Waals surface area contributed by atoms with Gasteiger partial charge < -0.3 is 10.6 Å². The molecule has 1 fully saturated rings. The van der Waals surface area contributed by atoms with Gasteiger partial charge in [-0.25, -0.2) is 0 Å². The molecule has 19 heavy (non-hydrogen) atoms. The van der Waals surface area contributed by atoms with Crippen LogP contribution in [-0.2, 0) is 6.42 Å². The molecule has 0 aliphatic carbocycles. The van der Waals surface area contributed by atoms with E-state index in [1.54, 1.807) is 0 Å². The van der Waals surface area contributed by atoms with Crippen molar-refractivity contribution in [2.75, 3.05) is 18.0 Å². The first kappa shape index (κ1) is 14.4. The maximum Gasteiger partial charge on any atom is 0.0399 e. The summed E-state index contributed by atoms with van der Waals surface area (Å²) in [5.41, 5.74) is 10.4. The van der Waals surface area contributed by atoms with Crippen LogP contribution in [-0.4, -0.2) is 19.1 Å². The van der Waals surface area contributed by atoms with Gasteiger partial charge in [0.25, 0.3) is 0 Å². The third-order valence-corrected chi connectivity index (χ3v) is 4.45. The predicted molar refractivity (Wildman–Crippen MR) is 83.8 cm³/mol. The molecular formula is C17H28N2. The molecule has 0 radical (unpaired) electrons. The molecule has 1 aromatic rings. The van der Waals surface area contributed by atoms with Crippen LogP contribution in [0.3, 0.4) is 0 Å². The van der Waals surface area contributed by atoms with Crippen LogP contribution in [0, 0.1) is 12.8 Å². The van der Waals surface area contributed by atoms with Gasteiger partial charge in [0.2, 0.25) is 0 Å². The molecule has 2 atom stereocenters. The SMILES string of the molecule is CCC(N)Cc1cc(C)ccc1N1CCC(CC)C1. The van der Waals surface area contributed by atoms with Crippen LogP contribution >= 0.6 is 0 Å². The van der Waals surface area contributed by atoms with E-state index >= 15 is 0 Å². The van der Waals surface area contributed by atoms with E-state index in [1.165, 1.54) is 42.7 Å². The first-order valence-corrected chi connectivity index (χ1v) is 7.74. The molecule has 0 spiro atoms. The predicted octanol–water partition coefficient (Wildman–Crippen LogP) is 3.51. The maximum atomic E-state index is 6.16. The smallest absolute Gasteiger partial charge is 0.0399 e. The highest BCUT2D eigenvalue weighted by Gasteiger charge is 2.23. The zero-order valence-electron chi connectivity index (χ0n) is 12.7. The first-order chi connectivity index (χ1) is 9.13. The lowest BCUT2D eigenvalue weighted by Crippen LogP contribution is -2.25. The summed E-state index contributed by atoms with van der Waals surface area (Å²) < 4.78 is 0.